The Morgan fingerprint density at radius 3 is 3.10 bits per heavy atom. The van der Waals surface area contributed by atoms with Crippen molar-refractivity contribution in [3.05, 3.63) is 27.5 Å². The molecule has 2 aromatic heterocycles. The van der Waals surface area contributed by atoms with E-state index in [0.717, 1.165) is 41.2 Å². The number of hydrogen-bond donors (Lipinski definition) is 3. The van der Waals surface area contributed by atoms with E-state index in [1.165, 1.54) is 11.3 Å². The summed E-state index contributed by atoms with van der Waals surface area (Å²) in [5.41, 5.74) is 3.53. The van der Waals surface area contributed by atoms with Crippen LogP contribution in [-0.4, -0.2) is 27.6 Å². The van der Waals surface area contributed by atoms with Crippen molar-refractivity contribution in [1.29, 1.82) is 0 Å². The summed E-state index contributed by atoms with van der Waals surface area (Å²) >= 11 is 1.51. The van der Waals surface area contributed by atoms with Crippen LogP contribution in [0.15, 0.2) is 0 Å². The largest absolute Gasteiger partial charge is 0.312 e. The predicted molar refractivity (Wildman–Crippen MR) is 78.2 cm³/mol. The van der Waals surface area contributed by atoms with E-state index in [9.17, 15) is 4.79 Å². The number of fused-ring (bicyclic) bond motifs is 1. The van der Waals surface area contributed by atoms with Gasteiger partial charge in [0.05, 0.1) is 5.69 Å². The minimum Gasteiger partial charge on any atom is -0.312 e. The molecule has 20 heavy (non-hydrogen) atoms. The molecule has 3 N–H and O–H groups in total. The number of carbonyl (C=O) groups excluding carboxylic acids is 1. The number of aromatic amines is 1. The average Bonchev–Trinajstić information content (AvgIpc) is 3.02. The fraction of sp³-hybridized carbons (Fsp3) is 0.462. The second kappa shape index (κ2) is 5.34. The van der Waals surface area contributed by atoms with Crippen molar-refractivity contribution in [2.24, 2.45) is 0 Å². The molecule has 0 atom stereocenters. The van der Waals surface area contributed by atoms with Gasteiger partial charge in [0, 0.05) is 35.6 Å². The lowest BCUT2D eigenvalue weighted by molar-refractivity contribution is 0.102. The van der Waals surface area contributed by atoms with Gasteiger partial charge in [-0.15, -0.1) is 11.3 Å². The Morgan fingerprint density at radius 2 is 2.35 bits per heavy atom. The summed E-state index contributed by atoms with van der Waals surface area (Å²) in [5.74, 6) is -0.192. The van der Waals surface area contributed by atoms with Crippen molar-refractivity contribution in [2.45, 2.75) is 33.2 Å². The van der Waals surface area contributed by atoms with Gasteiger partial charge in [0.25, 0.3) is 5.91 Å². The highest BCUT2D eigenvalue weighted by molar-refractivity contribution is 7.15. The second-order valence-electron chi connectivity index (χ2n) is 4.79. The SMILES string of the molecule is CCc1nc(NC(=O)c2n[nH]c3c2CNCC3)sc1C. The molecule has 3 heterocycles. The number of anilines is 1. The molecule has 0 radical (unpaired) electrons. The van der Waals surface area contributed by atoms with Gasteiger partial charge in [-0.3, -0.25) is 15.2 Å². The zero-order chi connectivity index (χ0) is 14.1. The van der Waals surface area contributed by atoms with Gasteiger partial charge >= 0.3 is 0 Å². The number of aromatic nitrogens is 3. The lowest BCUT2D eigenvalue weighted by Crippen LogP contribution is -2.25. The van der Waals surface area contributed by atoms with Crippen molar-refractivity contribution in [1.82, 2.24) is 20.5 Å². The van der Waals surface area contributed by atoms with Crippen LogP contribution in [0.3, 0.4) is 0 Å². The van der Waals surface area contributed by atoms with E-state index < -0.39 is 0 Å². The minimum absolute atomic E-state index is 0.192. The van der Waals surface area contributed by atoms with Gasteiger partial charge < -0.3 is 5.32 Å². The monoisotopic (exact) mass is 291 g/mol. The summed E-state index contributed by atoms with van der Waals surface area (Å²) in [6.07, 6.45) is 1.76. The van der Waals surface area contributed by atoms with E-state index in [1.54, 1.807) is 0 Å². The van der Waals surface area contributed by atoms with Crippen molar-refractivity contribution in [3.8, 4) is 0 Å². The second-order valence-corrected chi connectivity index (χ2v) is 5.99. The number of hydrogen-bond acceptors (Lipinski definition) is 5. The molecule has 1 aliphatic heterocycles. The first-order valence-electron chi connectivity index (χ1n) is 6.73. The smallest absolute Gasteiger partial charge is 0.278 e. The average molecular weight is 291 g/mol. The van der Waals surface area contributed by atoms with Gasteiger partial charge in [0.15, 0.2) is 10.8 Å². The standard InChI is InChI=1S/C13H17N5OS/c1-3-9-7(2)20-13(15-9)16-12(19)11-8-6-14-5-4-10(8)17-18-11/h14H,3-6H2,1-2H3,(H,17,18)(H,15,16,19). The third-order valence-electron chi connectivity index (χ3n) is 3.47. The molecule has 6 nitrogen and oxygen atoms in total. The summed E-state index contributed by atoms with van der Waals surface area (Å²) in [7, 11) is 0. The lowest BCUT2D eigenvalue weighted by atomic mass is 10.1. The molecule has 0 aliphatic carbocycles. The highest BCUT2D eigenvalue weighted by Gasteiger charge is 2.22. The van der Waals surface area contributed by atoms with E-state index in [2.05, 4.69) is 32.7 Å². The minimum atomic E-state index is -0.192. The summed E-state index contributed by atoms with van der Waals surface area (Å²) in [5, 5.41) is 13.8. The van der Waals surface area contributed by atoms with Gasteiger partial charge in [0.1, 0.15) is 0 Å². The van der Waals surface area contributed by atoms with E-state index in [0.29, 0.717) is 17.4 Å². The topological polar surface area (TPSA) is 82.7 Å². The third-order valence-corrected chi connectivity index (χ3v) is 4.40. The molecular formula is C13H17N5OS. The van der Waals surface area contributed by atoms with Crippen LogP contribution in [0.25, 0.3) is 0 Å². The number of rotatable bonds is 3. The molecule has 2 aromatic rings. The van der Waals surface area contributed by atoms with E-state index in [1.807, 2.05) is 6.92 Å². The Balaban J connectivity index is 1.80. The Bertz CT molecular complexity index is 645. The highest BCUT2D eigenvalue weighted by Crippen LogP contribution is 2.23. The number of thiazole rings is 1. The highest BCUT2D eigenvalue weighted by atomic mass is 32.1. The van der Waals surface area contributed by atoms with Crippen molar-refractivity contribution in [3.63, 3.8) is 0 Å². The number of nitrogens with zero attached hydrogens (tertiary/aromatic N) is 2. The first-order chi connectivity index (χ1) is 9.69. The van der Waals surface area contributed by atoms with Gasteiger partial charge in [-0.2, -0.15) is 5.10 Å². The normalized spacial score (nSPS) is 14.1. The molecule has 0 saturated heterocycles. The van der Waals surface area contributed by atoms with Crippen LogP contribution in [0.2, 0.25) is 0 Å². The zero-order valence-electron chi connectivity index (χ0n) is 11.5. The van der Waals surface area contributed by atoms with Crippen LogP contribution in [0.1, 0.15) is 39.2 Å². The maximum atomic E-state index is 12.3. The van der Waals surface area contributed by atoms with Crippen molar-refractivity contribution in [2.75, 3.05) is 11.9 Å². The first kappa shape index (κ1) is 13.3. The van der Waals surface area contributed by atoms with Crippen LogP contribution in [-0.2, 0) is 19.4 Å². The fourth-order valence-corrected chi connectivity index (χ4v) is 3.28. The summed E-state index contributed by atoms with van der Waals surface area (Å²) in [6, 6.07) is 0. The maximum absolute atomic E-state index is 12.3. The Hall–Kier alpha value is -1.73. The molecule has 1 aliphatic rings. The number of amides is 1. The molecule has 0 bridgehead atoms. The van der Waals surface area contributed by atoms with Crippen molar-refractivity contribution < 1.29 is 4.79 Å². The molecule has 0 saturated carbocycles. The van der Waals surface area contributed by atoms with Crippen LogP contribution >= 0.6 is 11.3 Å². The van der Waals surface area contributed by atoms with Crippen molar-refractivity contribution >= 4 is 22.4 Å². The molecule has 7 heteroatoms. The van der Waals surface area contributed by atoms with E-state index in [-0.39, 0.29) is 5.91 Å². The molecular weight excluding hydrogens is 274 g/mol. The third kappa shape index (κ3) is 2.34. The van der Waals surface area contributed by atoms with Gasteiger partial charge in [-0.05, 0) is 13.3 Å². The first-order valence-corrected chi connectivity index (χ1v) is 7.55. The predicted octanol–water partition coefficient (Wildman–Crippen LogP) is 1.64. The number of H-pyrrole nitrogens is 1. The number of carbonyl (C=O) groups is 1. The maximum Gasteiger partial charge on any atom is 0.278 e. The van der Waals surface area contributed by atoms with Gasteiger partial charge in [-0.25, -0.2) is 4.98 Å². The van der Waals surface area contributed by atoms with Gasteiger partial charge in [-0.1, -0.05) is 6.92 Å². The fourth-order valence-electron chi connectivity index (χ4n) is 2.38. The summed E-state index contributed by atoms with van der Waals surface area (Å²) in [6.45, 7) is 5.68. The van der Waals surface area contributed by atoms with Crippen LogP contribution in [0, 0.1) is 6.92 Å². The molecule has 0 spiro atoms. The summed E-state index contributed by atoms with van der Waals surface area (Å²) in [4.78, 5) is 17.9. The number of nitrogens with one attached hydrogen (secondary N) is 3. The Labute approximate surface area is 121 Å². The Kier molecular flexibility index (Phi) is 3.54. The molecule has 106 valence electrons. The van der Waals surface area contributed by atoms with E-state index in [4.69, 9.17) is 0 Å². The summed E-state index contributed by atoms with van der Waals surface area (Å²) < 4.78 is 0. The molecule has 0 aromatic carbocycles. The molecule has 0 fully saturated rings. The molecule has 0 unspecified atom stereocenters. The molecule has 1 amide bonds. The lowest BCUT2D eigenvalue weighted by Gasteiger charge is -2.12. The quantitative estimate of drug-likeness (QED) is 0.803. The zero-order valence-corrected chi connectivity index (χ0v) is 12.4. The number of aryl methyl sites for hydroxylation is 2. The van der Waals surface area contributed by atoms with Crippen LogP contribution in [0.4, 0.5) is 5.13 Å². The molecule has 3 rings (SSSR count). The van der Waals surface area contributed by atoms with Crippen LogP contribution in [0.5, 0.6) is 0 Å². The van der Waals surface area contributed by atoms with Crippen LogP contribution < -0.4 is 10.6 Å². The Morgan fingerprint density at radius 1 is 1.50 bits per heavy atom. The van der Waals surface area contributed by atoms with Gasteiger partial charge in [0.2, 0.25) is 0 Å². The van der Waals surface area contributed by atoms with E-state index >= 15 is 0 Å².